The van der Waals surface area contributed by atoms with Gasteiger partial charge in [-0.1, -0.05) is 194 Å². The third kappa shape index (κ3) is 7.41. The van der Waals surface area contributed by atoms with Crippen molar-refractivity contribution in [3.8, 4) is 66.8 Å². The molecule has 0 aliphatic carbocycles. The molecular formula is C64H43NO. The van der Waals surface area contributed by atoms with Gasteiger partial charge in [-0.3, -0.25) is 0 Å². The van der Waals surface area contributed by atoms with Crippen LogP contribution in [0, 0.1) is 0 Å². The van der Waals surface area contributed by atoms with Crippen molar-refractivity contribution in [2.24, 2.45) is 0 Å². The SMILES string of the molecule is c1ccc(-c2ccc(N(c3ccc(-c4ccccc4)cc3)c3ccc(-c4ccc(-c5cccc(-c6ccc7oc8ccc(-c9cccc%10ccccc9%10)cc8c7c6)c5)cc4)cc3)cc2)cc1. The van der Waals surface area contributed by atoms with Gasteiger partial charge in [0.2, 0.25) is 0 Å². The second-order valence-electron chi connectivity index (χ2n) is 16.9. The van der Waals surface area contributed by atoms with Crippen molar-refractivity contribution in [2.75, 3.05) is 4.90 Å². The lowest BCUT2D eigenvalue weighted by Gasteiger charge is -2.26. The predicted octanol–water partition coefficient (Wildman–Crippen LogP) is 18.2. The number of furan rings is 1. The highest BCUT2D eigenvalue weighted by Gasteiger charge is 2.15. The van der Waals surface area contributed by atoms with E-state index in [0.29, 0.717) is 0 Å². The first-order valence-electron chi connectivity index (χ1n) is 22.6. The van der Waals surface area contributed by atoms with Crippen molar-refractivity contribution in [3.63, 3.8) is 0 Å². The summed E-state index contributed by atoms with van der Waals surface area (Å²) in [6.45, 7) is 0. The molecule has 66 heavy (non-hydrogen) atoms. The Balaban J connectivity index is 0.819. The Morgan fingerprint density at radius 3 is 1.12 bits per heavy atom. The Hall–Kier alpha value is -8.72. The topological polar surface area (TPSA) is 16.4 Å². The summed E-state index contributed by atoms with van der Waals surface area (Å²) < 4.78 is 6.35. The Morgan fingerprint density at radius 2 is 0.576 bits per heavy atom. The summed E-state index contributed by atoms with van der Waals surface area (Å²) in [5.74, 6) is 0. The summed E-state index contributed by atoms with van der Waals surface area (Å²) in [6.07, 6.45) is 0. The molecule has 0 aliphatic heterocycles. The molecule has 0 aliphatic rings. The van der Waals surface area contributed by atoms with E-state index in [-0.39, 0.29) is 0 Å². The maximum Gasteiger partial charge on any atom is 0.135 e. The molecule has 0 atom stereocenters. The molecule has 12 aromatic rings. The zero-order valence-corrected chi connectivity index (χ0v) is 36.2. The van der Waals surface area contributed by atoms with E-state index in [1.807, 2.05) is 0 Å². The van der Waals surface area contributed by atoms with Gasteiger partial charge in [-0.25, -0.2) is 0 Å². The number of rotatable bonds is 9. The maximum absolute atomic E-state index is 6.35. The first-order valence-corrected chi connectivity index (χ1v) is 22.6. The van der Waals surface area contributed by atoms with Crippen LogP contribution in [0.2, 0.25) is 0 Å². The summed E-state index contributed by atoms with van der Waals surface area (Å²) in [5.41, 5.74) is 19.3. The standard InChI is InChI=1S/C64H43NO/c1-3-11-44(12-4-1)47-25-33-56(34-26-47)65(57-35-27-48(28-36-57)45-13-5-2-6-14-45)58-37-29-49(30-38-58)46-21-23-50(24-22-46)52-17-9-18-53(41-52)54-31-39-63-61(42-54)62-43-55(32-40-64(62)66-63)60-20-10-16-51-15-7-8-19-59(51)60/h1-43H. The van der Waals surface area contributed by atoms with Crippen molar-refractivity contribution in [1.29, 1.82) is 0 Å². The lowest BCUT2D eigenvalue weighted by atomic mass is 9.95. The van der Waals surface area contributed by atoms with Gasteiger partial charge in [-0.2, -0.15) is 0 Å². The molecule has 0 spiro atoms. The molecule has 0 amide bonds. The second kappa shape index (κ2) is 16.8. The molecule has 0 N–H and O–H groups in total. The van der Waals surface area contributed by atoms with Crippen LogP contribution in [0.15, 0.2) is 265 Å². The first-order chi connectivity index (χ1) is 32.7. The minimum atomic E-state index is 0.895. The molecule has 12 rings (SSSR count). The molecule has 0 fully saturated rings. The number of benzene rings is 11. The van der Waals surface area contributed by atoms with E-state index >= 15 is 0 Å². The van der Waals surface area contributed by atoms with Crippen LogP contribution in [-0.2, 0) is 0 Å². The zero-order valence-electron chi connectivity index (χ0n) is 36.2. The summed E-state index contributed by atoms with van der Waals surface area (Å²) >= 11 is 0. The van der Waals surface area contributed by atoms with Gasteiger partial charge < -0.3 is 9.32 Å². The van der Waals surface area contributed by atoms with Crippen LogP contribution in [0.1, 0.15) is 0 Å². The minimum Gasteiger partial charge on any atom is -0.456 e. The maximum atomic E-state index is 6.35. The van der Waals surface area contributed by atoms with Crippen molar-refractivity contribution in [3.05, 3.63) is 261 Å². The molecule has 0 saturated carbocycles. The highest BCUT2D eigenvalue weighted by molar-refractivity contribution is 6.09. The number of hydrogen-bond donors (Lipinski definition) is 0. The molecule has 0 bridgehead atoms. The third-order valence-corrected chi connectivity index (χ3v) is 12.9. The molecule has 310 valence electrons. The molecule has 1 heterocycles. The predicted molar refractivity (Wildman–Crippen MR) is 279 cm³/mol. The van der Waals surface area contributed by atoms with Crippen molar-refractivity contribution in [2.45, 2.75) is 0 Å². The molecule has 2 nitrogen and oxygen atoms in total. The van der Waals surface area contributed by atoms with Gasteiger partial charge in [0.15, 0.2) is 0 Å². The highest BCUT2D eigenvalue weighted by Crippen LogP contribution is 2.40. The van der Waals surface area contributed by atoms with E-state index in [1.165, 1.54) is 72.0 Å². The smallest absolute Gasteiger partial charge is 0.135 e. The van der Waals surface area contributed by atoms with Crippen molar-refractivity contribution in [1.82, 2.24) is 0 Å². The monoisotopic (exact) mass is 841 g/mol. The van der Waals surface area contributed by atoms with Gasteiger partial charge >= 0.3 is 0 Å². The van der Waals surface area contributed by atoms with E-state index < -0.39 is 0 Å². The third-order valence-electron chi connectivity index (χ3n) is 12.9. The average molecular weight is 842 g/mol. The number of fused-ring (bicyclic) bond motifs is 4. The number of hydrogen-bond acceptors (Lipinski definition) is 2. The Kier molecular flexibility index (Phi) is 9.89. The summed E-state index contributed by atoms with van der Waals surface area (Å²) in [7, 11) is 0. The second-order valence-corrected chi connectivity index (χ2v) is 16.9. The first kappa shape index (κ1) is 38.9. The van der Waals surface area contributed by atoms with E-state index in [2.05, 4.69) is 266 Å². The van der Waals surface area contributed by atoms with Gasteiger partial charge in [0, 0.05) is 27.8 Å². The highest BCUT2D eigenvalue weighted by atomic mass is 16.3. The normalized spacial score (nSPS) is 11.3. The van der Waals surface area contributed by atoms with Gasteiger partial charge in [0.1, 0.15) is 11.2 Å². The van der Waals surface area contributed by atoms with Crippen molar-refractivity contribution >= 4 is 49.8 Å². The summed E-state index contributed by atoms with van der Waals surface area (Å²) in [6, 6.07) is 93.7. The van der Waals surface area contributed by atoms with E-state index in [1.54, 1.807) is 0 Å². The van der Waals surface area contributed by atoms with Crippen molar-refractivity contribution < 1.29 is 4.42 Å². The fourth-order valence-electron chi connectivity index (χ4n) is 9.45. The lowest BCUT2D eigenvalue weighted by Crippen LogP contribution is -2.09. The molecule has 0 saturated heterocycles. The van der Waals surface area contributed by atoms with Crippen LogP contribution in [0.4, 0.5) is 17.1 Å². The average Bonchev–Trinajstić information content (AvgIpc) is 3.77. The molecule has 0 unspecified atom stereocenters. The molecule has 1 aromatic heterocycles. The van der Waals surface area contributed by atoms with E-state index in [9.17, 15) is 0 Å². The minimum absolute atomic E-state index is 0.895. The Bertz CT molecular complexity index is 3560. The zero-order chi connectivity index (χ0) is 43.8. The fraction of sp³-hybridized carbons (Fsp3) is 0. The van der Waals surface area contributed by atoms with Gasteiger partial charge in [0.05, 0.1) is 0 Å². The quantitative estimate of drug-likeness (QED) is 0.144. The lowest BCUT2D eigenvalue weighted by molar-refractivity contribution is 0.669. The van der Waals surface area contributed by atoms with Crippen LogP contribution in [0.5, 0.6) is 0 Å². The largest absolute Gasteiger partial charge is 0.456 e. The molecule has 2 heteroatoms. The van der Waals surface area contributed by atoms with Crippen LogP contribution >= 0.6 is 0 Å². The van der Waals surface area contributed by atoms with Gasteiger partial charge in [-0.15, -0.1) is 0 Å². The van der Waals surface area contributed by atoms with E-state index in [0.717, 1.165) is 44.6 Å². The van der Waals surface area contributed by atoms with Crippen LogP contribution in [0.25, 0.3) is 99.5 Å². The van der Waals surface area contributed by atoms with E-state index in [4.69, 9.17) is 4.42 Å². The molecular weight excluding hydrogens is 799 g/mol. The molecule has 0 radical (unpaired) electrons. The summed E-state index contributed by atoms with van der Waals surface area (Å²) in [4.78, 5) is 2.33. The Morgan fingerprint density at radius 1 is 0.227 bits per heavy atom. The number of anilines is 3. The van der Waals surface area contributed by atoms with Gasteiger partial charge in [-0.05, 0) is 144 Å². The summed E-state index contributed by atoms with van der Waals surface area (Å²) in [5, 5.41) is 4.74. The Labute approximate surface area is 384 Å². The van der Waals surface area contributed by atoms with Crippen LogP contribution in [-0.4, -0.2) is 0 Å². The number of nitrogens with zero attached hydrogens (tertiary/aromatic N) is 1. The van der Waals surface area contributed by atoms with Crippen LogP contribution < -0.4 is 4.90 Å². The van der Waals surface area contributed by atoms with Crippen LogP contribution in [0.3, 0.4) is 0 Å². The fourth-order valence-corrected chi connectivity index (χ4v) is 9.45. The van der Waals surface area contributed by atoms with Gasteiger partial charge in [0.25, 0.3) is 0 Å². The molecule has 11 aromatic carbocycles.